The van der Waals surface area contributed by atoms with Gasteiger partial charge in [-0.25, -0.2) is 0 Å². The molecular formula is C14H24ClN3O2S. The van der Waals surface area contributed by atoms with Gasteiger partial charge in [0.25, 0.3) is 5.91 Å². The quantitative estimate of drug-likeness (QED) is 0.712. The lowest BCUT2D eigenvalue weighted by Gasteiger charge is -2.27. The summed E-state index contributed by atoms with van der Waals surface area (Å²) in [7, 11) is 0. The number of rotatable bonds is 7. The predicted octanol–water partition coefficient (Wildman–Crippen LogP) is 1.92. The van der Waals surface area contributed by atoms with Crippen LogP contribution < -0.4 is 16.4 Å². The molecule has 0 bridgehead atoms. The molecule has 7 heteroatoms. The van der Waals surface area contributed by atoms with E-state index in [0.29, 0.717) is 11.4 Å². The minimum absolute atomic E-state index is 0. The van der Waals surface area contributed by atoms with Crippen LogP contribution in [0.25, 0.3) is 0 Å². The van der Waals surface area contributed by atoms with Crippen molar-refractivity contribution in [2.24, 2.45) is 5.73 Å². The summed E-state index contributed by atoms with van der Waals surface area (Å²) in [6, 6.07) is 2.95. The highest BCUT2D eigenvalue weighted by Gasteiger charge is 2.23. The Hall–Kier alpha value is -1.11. The average molecular weight is 334 g/mol. The minimum atomic E-state index is -0.581. The number of halogens is 1. The molecule has 1 unspecified atom stereocenters. The summed E-state index contributed by atoms with van der Waals surface area (Å²) < 4.78 is 0. The van der Waals surface area contributed by atoms with Crippen molar-refractivity contribution in [2.75, 3.05) is 6.54 Å². The number of amides is 2. The van der Waals surface area contributed by atoms with Crippen LogP contribution in [0.1, 0.15) is 43.3 Å². The van der Waals surface area contributed by atoms with Gasteiger partial charge < -0.3 is 16.4 Å². The molecule has 120 valence electrons. The van der Waals surface area contributed by atoms with Crippen LogP contribution in [0.15, 0.2) is 17.5 Å². The van der Waals surface area contributed by atoms with Crippen molar-refractivity contribution < 1.29 is 9.59 Å². The molecule has 0 radical (unpaired) electrons. The van der Waals surface area contributed by atoms with Crippen LogP contribution >= 0.6 is 23.7 Å². The second-order valence-corrected chi connectivity index (χ2v) is 5.91. The lowest BCUT2D eigenvalue weighted by molar-refractivity contribution is -0.122. The molecule has 1 aromatic rings. The fraction of sp³-hybridized carbons (Fsp3) is 0.571. The molecule has 0 saturated heterocycles. The van der Waals surface area contributed by atoms with Crippen molar-refractivity contribution in [1.29, 1.82) is 0 Å². The maximum absolute atomic E-state index is 11.9. The summed E-state index contributed by atoms with van der Waals surface area (Å²) in [5.41, 5.74) is 5.74. The van der Waals surface area contributed by atoms with Gasteiger partial charge in [-0.15, -0.1) is 23.7 Å². The van der Waals surface area contributed by atoms with E-state index < -0.39 is 6.04 Å². The fourth-order valence-electron chi connectivity index (χ4n) is 1.66. The highest BCUT2D eigenvalue weighted by Crippen LogP contribution is 2.10. The van der Waals surface area contributed by atoms with Crippen molar-refractivity contribution in [2.45, 2.75) is 45.2 Å². The molecule has 1 heterocycles. The Kier molecular flexibility index (Phi) is 8.54. The first-order valence-corrected chi connectivity index (χ1v) is 7.70. The molecule has 2 amide bonds. The lowest BCUT2D eigenvalue weighted by atomic mass is 9.94. The zero-order valence-electron chi connectivity index (χ0n) is 12.6. The molecule has 4 N–H and O–H groups in total. The topological polar surface area (TPSA) is 84.2 Å². The van der Waals surface area contributed by atoms with Crippen LogP contribution in [0.4, 0.5) is 0 Å². The maximum Gasteiger partial charge on any atom is 0.261 e. The van der Waals surface area contributed by atoms with Crippen LogP contribution in [0.3, 0.4) is 0 Å². The first-order chi connectivity index (χ1) is 9.41. The Bertz CT molecular complexity index is 447. The summed E-state index contributed by atoms with van der Waals surface area (Å²) in [5.74, 6) is -0.445. The zero-order chi connectivity index (χ0) is 15.2. The van der Waals surface area contributed by atoms with Crippen molar-refractivity contribution in [1.82, 2.24) is 10.6 Å². The Balaban J connectivity index is 0.00000400. The smallest absolute Gasteiger partial charge is 0.261 e. The first-order valence-electron chi connectivity index (χ1n) is 6.83. The van der Waals surface area contributed by atoms with E-state index in [4.69, 9.17) is 5.73 Å². The fourth-order valence-corrected chi connectivity index (χ4v) is 2.28. The van der Waals surface area contributed by atoms with E-state index in [1.165, 1.54) is 11.3 Å². The van der Waals surface area contributed by atoms with Crippen LogP contribution in [-0.4, -0.2) is 29.9 Å². The molecule has 0 aromatic carbocycles. The predicted molar refractivity (Wildman–Crippen MR) is 89.0 cm³/mol. The highest BCUT2D eigenvalue weighted by atomic mass is 35.5. The minimum Gasteiger partial charge on any atom is -0.352 e. The molecule has 1 aromatic heterocycles. The molecule has 0 fully saturated rings. The van der Waals surface area contributed by atoms with Gasteiger partial charge in [-0.05, 0) is 31.2 Å². The standard InChI is InChI=1S/C14H23N3O2S.ClH/c1-4-14(15,5-2)9-16-12(18)10(3)17-13(19)11-7-6-8-20-11;/h6-8,10H,4-5,9,15H2,1-3H3,(H,16,18)(H,17,19);1H. The van der Waals surface area contributed by atoms with Gasteiger partial charge in [0.1, 0.15) is 6.04 Å². The number of carbonyl (C=O) groups is 2. The summed E-state index contributed by atoms with van der Waals surface area (Å²) >= 11 is 1.35. The van der Waals surface area contributed by atoms with E-state index in [1.807, 2.05) is 19.2 Å². The maximum atomic E-state index is 11.9. The molecule has 1 atom stereocenters. The van der Waals surface area contributed by atoms with Gasteiger partial charge in [-0.1, -0.05) is 19.9 Å². The van der Waals surface area contributed by atoms with Crippen molar-refractivity contribution in [3.8, 4) is 0 Å². The van der Waals surface area contributed by atoms with E-state index in [1.54, 1.807) is 19.1 Å². The molecule has 1 rings (SSSR count). The molecule has 0 saturated carbocycles. The number of carbonyl (C=O) groups excluding carboxylic acids is 2. The van der Waals surface area contributed by atoms with Crippen LogP contribution in [0.2, 0.25) is 0 Å². The van der Waals surface area contributed by atoms with Gasteiger partial charge in [-0.2, -0.15) is 0 Å². The number of nitrogens with one attached hydrogen (secondary N) is 2. The third-order valence-electron chi connectivity index (χ3n) is 3.51. The van der Waals surface area contributed by atoms with Crippen LogP contribution in [-0.2, 0) is 4.79 Å². The highest BCUT2D eigenvalue weighted by molar-refractivity contribution is 7.12. The lowest BCUT2D eigenvalue weighted by Crippen LogP contribution is -2.53. The SMILES string of the molecule is CCC(N)(CC)CNC(=O)C(C)NC(=O)c1cccs1.Cl. The molecule has 0 aliphatic carbocycles. The van der Waals surface area contributed by atoms with E-state index in [-0.39, 0.29) is 29.8 Å². The Morgan fingerprint density at radius 1 is 1.38 bits per heavy atom. The summed E-state index contributed by atoms with van der Waals surface area (Å²) in [6.45, 7) is 6.07. The van der Waals surface area contributed by atoms with Gasteiger partial charge in [0.15, 0.2) is 0 Å². The molecule has 0 spiro atoms. The summed E-state index contributed by atoms with van der Waals surface area (Å²) in [4.78, 5) is 24.4. The number of thiophene rings is 1. The molecule has 0 aliphatic heterocycles. The van der Waals surface area contributed by atoms with Crippen LogP contribution in [0, 0.1) is 0 Å². The zero-order valence-corrected chi connectivity index (χ0v) is 14.3. The Labute approximate surface area is 136 Å². The van der Waals surface area contributed by atoms with Gasteiger partial charge >= 0.3 is 0 Å². The first kappa shape index (κ1) is 19.9. The van der Waals surface area contributed by atoms with E-state index in [0.717, 1.165) is 12.8 Å². The van der Waals surface area contributed by atoms with E-state index in [2.05, 4.69) is 10.6 Å². The van der Waals surface area contributed by atoms with E-state index in [9.17, 15) is 9.59 Å². The van der Waals surface area contributed by atoms with Gasteiger partial charge in [-0.3, -0.25) is 9.59 Å². The Morgan fingerprint density at radius 3 is 2.48 bits per heavy atom. The molecule has 0 aliphatic rings. The van der Waals surface area contributed by atoms with Gasteiger partial charge in [0, 0.05) is 12.1 Å². The largest absolute Gasteiger partial charge is 0.352 e. The van der Waals surface area contributed by atoms with Crippen LogP contribution in [0.5, 0.6) is 0 Å². The van der Waals surface area contributed by atoms with Crippen molar-refractivity contribution in [3.63, 3.8) is 0 Å². The summed E-state index contributed by atoms with van der Waals surface area (Å²) in [5, 5.41) is 7.30. The van der Waals surface area contributed by atoms with Crippen molar-refractivity contribution in [3.05, 3.63) is 22.4 Å². The number of hydrogen-bond acceptors (Lipinski definition) is 4. The number of nitrogens with two attached hydrogens (primary N) is 1. The molecule has 21 heavy (non-hydrogen) atoms. The van der Waals surface area contributed by atoms with Crippen molar-refractivity contribution >= 4 is 35.6 Å². The normalized spacial score (nSPS) is 12.2. The molecule has 5 nitrogen and oxygen atoms in total. The third-order valence-corrected chi connectivity index (χ3v) is 4.38. The molecular weight excluding hydrogens is 310 g/mol. The van der Waals surface area contributed by atoms with Gasteiger partial charge in [0.2, 0.25) is 5.91 Å². The average Bonchev–Trinajstić information content (AvgIpc) is 2.98. The second-order valence-electron chi connectivity index (χ2n) is 4.96. The number of hydrogen-bond donors (Lipinski definition) is 3. The third kappa shape index (κ3) is 6.03. The second kappa shape index (κ2) is 9.02. The van der Waals surface area contributed by atoms with E-state index >= 15 is 0 Å². The monoisotopic (exact) mass is 333 g/mol. The van der Waals surface area contributed by atoms with Gasteiger partial charge in [0.05, 0.1) is 4.88 Å². The Morgan fingerprint density at radius 2 is 2.00 bits per heavy atom. The summed E-state index contributed by atoms with van der Waals surface area (Å²) in [6.07, 6.45) is 1.58.